The molecule has 0 fully saturated rings. The molecule has 0 bridgehead atoms. The first kappa shape index (κ1) is 17.7. The predicted octanol–water partition coefficient (Wildman–Crippen LogP) is 5.51. The Morgan fingerprint density at radius 3 is 2.60 bits per heavy atom. The molecule has 2 aromatic carbocycles. The molecule has 0 saturated heterocycles. The highest BCUT2D eigenvalue weighted by molar-refractivity contribution is 9.11. The van der Waals surface area contributed by atoms with Crippen molar-refractivity contribution < 1.29 is 13.5 Å². The van der Waals surface area contributed by atoms with Crippen LogP contribution in [-0.4, -0.2) is 11.4 Å². The Balaban J connectivity index is 1.66. The van der Waals surface area contributed by atoms with E-state index in [0.717, 1.165) is 22.8 Å². The first-order valence-corrected chi connectivity index (χ1v) is 8.75. The Bertz CT molecular complexity index is 818. The number of rotatable bonds is 5. The summed E-state index contributed by atoms with van der Waals surface area (Å²) >= 11 is 3.55. The van der Waals surface area contributed by atoms with Crippen molar-refractivity contribution in [3.05, 3.63) is 93.3 Å². The number of ether oxygens (including phenoxy) is 1. The lowest BCUT2D eigenvalue weighted by Crippen LogP contribution is -2.26. The van der Waals surface area contributed by atoms with E-state index in [9.17, 15) is 8.78 Å². The van der Waals surface area contributed by atoms with Gasteiger partial charge in [0.2, 0.25) is 0 Å². The summed E-state index contributed by atoms with van der Waals surface area (Å²) in [5.74, 6) is -0.518. The molecule has 25 heavy (non-hydrogen) atoms. The van der Waals surface area contributed by atoms with Gasteiger partial charge in [0, 0.05) is 23.9 Å². The minimum Gasteiger partial charge on any atom is -0.488 e. The summed E-state index contributed by atoms with van der Waals surface area (Å²) in [5, 5.41) is 0. The van der Waals surface area contributed by atoms with E-state index >= 15 is 0 Å². The first-order valence-electron chi connectivity index (χ1n) is 7.95. The average molecular weight is 406 g/mol. The van der Waals surface area contributed by atoms with Crippen molar-refractivity contribution in [1.82, 2.24) is 4.90 Å². The second-order valence-corrected chi connectivity index (χ2v) is 6.88. The van der Waals surface area contributed by atoms with Crippen LogP contribution in [0.3, 0.4) is 0 Å². The Hall–Kier alpha value is -2.14. The Morgan fingerprint density at radius 1 is 1.12 bits per heavy atom. The number of hydrogen-bond donors (Lipinski definition) is 0. The standard InChI is InChI=1S/C20H18BrF2NO/c1-14-9-20(25-13-16-7-8-17(22)10-19(16)23)18(21)12-24(14)11-15-5-3-2-4-6-15/h2-10H,11-13H2,1H3. The van der Waals surface area contributed by atoms with Crippen LogP contribution in [0.2, 0.25) is 0 Å². The summed E-state index contributed by atoms with van der Waals surface area (Å²) in [6.07, 6.45) is 1.93. The SMILES string of the molecule is CC1=CC(OCc2ccc(F)cc2F)=C(Br)CN1Cc1ccccc1. The van der Waals surface area contributed by atoms with Gasteiger partial charge < -0.3 is 9.64 Å². The van der Waals surface area contributed by atoms with Gasteiger partial charge in [0.05, 0.1) is 11.0 Å². The lowest BCUT2D eigenvalue weighted by Gasteiger charge is -2.30. The quantitative estimate of drug-likeness (QED) is 0.650. The molecular weight excluding hydrogens is 388 g/mol. The van der Waals surface area contributed by atoms with Crippen molar-refractivity contribution in [1.29, 1.82) is 0 Å². The number of benzene rings is 2. The summed E-state index contributed by atoms with van der Waals surface area (Å²) < 4.78 is 33.3. The number of nitrogens with zero attached hydrogens (tertiary/aromatic N) is 1. The van der Waals surface area contributed by atoms with Crippen LogP contribution in [0.5, 0.6) is 0 Å². The maximum Gasteiger partial charge on any atom is 0.133 e. The van der Waals surface area contributed by atoms with Crippen LogP contribution in [-0.2, 0) is 17.9 Å². The Labute approximate surface area is 154 Å². The summed E-state index contributed by atoms with van der Waals surface area (Å²) in [5.41, 5.74) is 2.63. The van der Waals surface area contributed by atoms with Gasteiger partial charge in [0.1, 0.15) is 24.0 Å². The average Bonchev–Trinajstić information content (AvgIpc) is 2.59. The number of hydrogen-bond acceptors (Lipinski definition) is 2. The predicted molar refractivity (Wildman–Crippen MR) is 97.7 cm³/mol. The minimum atomic E-state index is -0.598. The molecule has 0 N–H and O–H groups in total. The fourth-order valence-corrected chi connectivity index (χ4v) is 3.16. The molecule has 1 aliphatic heterocycles. The normalized spacial score (nSPS) is 14.6. The van der Waals surface area contributed by atoms with E-state index in [1.54, 1.807) is 0 Å². The van der Waals surface area contributed by atoms with E-state index in [1.807, 2.05) is 31.2 Å². The highest BCUT2D eigenvalue weighted by Crippen LogP contribution is 2.27. The Kier molecular flexibility index (Phi) is 5.53. The van der Waals surface area contributed by atoms with Crippen LogP contribution in [0.15, 0.2) is 70.5 Å². The summed E-state index contributed by atoms with van der Waals surface area (Å²) in [4.78, 5) is 2.23. The fraction of sp³-hybridized carbons (Fsp3) is 0.200. The zero-order valence-corrected chi connectivity index (χ0v) is 15.4. The van der Waals surface area contributed by atoms with Crippen molar-refractivity contribution in [2.24, 2.45) is 0 Å². The highest BCUT2D eigenvalue weighted by atomic mass is 79.9. The van der Waals surface area contributed by atoms with Crippen molar-refractivity contribution in [3.8, 4) is 0 Å². The second-order valence-electron chi connectivity index (χ2n) is 5.92. The maximum atomic E-state index is 13.7. The lowest BCUT2D eigenvalue weighted by atomic mass is 10.1. The van der Waals surface area contributed by atoms with Gasteiger partial charge in [-0.2, -0.15) is 0 Å². The van der Waals surface area contributed by atoms with E-state index in [1.165, 1.54) is 17.7 Å². The molecule has 1 heterocycles. The molecule has 1 aliphatic rings. The van der Waals surface area contributed by atoms with Gasteiger partial charge in [0.25, 0.3) is 0 Å². The first-order chi connectivity index (χ1) is 12.0. The lowest BCUT2D eigenvalue weighted by molar-refractivity contribution is 0.197. The molecule has 0 atom stereocenters. The Morgan fingerprint density at radius 2 is 1.88 bits per heavy atom. The van der Waals surface area contributed by atoms with Crippen LogP contribution >= 0.6 is 15.9 Å². The largest absolute Gasteiger partial charge is 0.488 e. The van der Waals surface area contributed by atoms with E-state index in [-0.39, 0.29) is 6.61 Å². The van der Waals surface area contributed by atoms with Crippen LogP contribution in [0.1, 0.15) is 18.1 Å². The van der Waals surface area contributed by atoms with E-state index in [0.29, 0.717) is 17.9 Å². The van der Waals surface area contributed by atoms with Gasteiger partial charge in [-0.3, -0.25) is 0 Å². The molecule has 0 radical (unpaired) electrons. The molecule has 0 spiro atoms. The highest BCUT2D eigenvalue weighted by Gasteiger charge is 2.18. The third kappa shape index (κ3) is 4.48. The van der Waals surface area contributed by atoms with Crippen LogP contribution in [0.4, 0.5) is 8.78 Å². The van der Waals surface area contributed by atoms with Gasteiger partial charge in [-0.15, -0.1) is 0 Å². The molecule has 0 unspecified atom stereocenters. The molecular formula is C20H18BrF2NO. The molecule has 0 aromatic heterocycles. The van der Waals surface area contributed by atoms with E-state index in [2.05, 4.69) is 33.0 Å². The zero-order valence-electron chi connectivity index (χ0n) is 13.8. The van der Waals surface area contributed by atoms with Crippen LogP contribution < -0.4 is 0 Å². The third-order valence-corrected chi connectivity index (χ3v) is 4.69. The van der Waals surface area contributed by atoms with Crippen LogP contribution in [0.25, 0.3) is 0 Å². The number of allylic oxidation sites excluding steroid dienone is 2. The van der Waals surface area contributed by atoms with Gasteiger partial charge in [-0.05, 0) is 46.6 Å². The monoisotopic (exact) mass is 405 g/mol. The molecule has 0 saturated carbocycles. The van der Waals surface area contributed by atoms with Crippen molar-refractivity contribution >= 4 is 15.9 Å². The van der Waals surface area contributed by atoms with Gasteiger partial charge in [-0.1, -0.05) is 30.3 Å². The molecule has 2 nitrogen and oxygen atoms in total. The van der Waals surface area contributed by atoms with Crippen molar-refractivity contribution in [3.63, 3.8) is 0 Å². The summed E-state index contributed by atoms with van der Waals surface area (Å²) in [6, 6.07) is 13.7. The molecule has 5 heteroatoms. The molecule has 2 aromatic rings. The molecule has 0 amide bonds. The maximum absolute atomic E-state index is 13.7. The zero-order chi connectivity index (χ0) is 17.8. The number of halogens is 3. The van der Waals surface area contributed by atoms with Crippen LogP contribution in [0, 0.1) is 11.6 Å². The van der Waals surface area contributed by atoms with Gasteiger partial charge >= 0.3 is 0 Å². The smallest absolute Gasteiger partial charge is 0.133 e. The van der Waals surface area contributed by atoms with Crippen molar-refractivity contribution in [2.75, 3.05) is 6.54 Å². The van der Waals surface area contributed by atoms with Gasteiger partial charge in [-0.25, -0.2) is 8.78 Å². The second kappa shape index (κ2) is 7.83. The fourth-order valence-electron chi connectivity index (χ4n) is 2.63. The minimum absolute atomic E-state index is 0.0546. The molecule has 0 aliphatic carbocycles. The third-order valence-electron chi connectivity index (χ3n) is 4.05. The van der Waals surface area contributed by atoms with Crippen molar-refractivity contribution in [2.45, 2.75) is 20.1 Å². The molecule has 3 rings (SSSR count). The summed E-state index contributed by atoms with van der Waals surface area (Å²) in [6.45, 7) is 3.56. The van der Waals surface area contributed by atoms with E-state index in [4.69, 9.17) is 4.74 Å². The topological polar surface area (TPSA) is 12.5 Å². The van der Waals surface area contributed by atoms with E-state index < -0.39 is 11.6 Å². The van der Waals surface area contributed by atoms with Gasteiger partial charge in [0.15, 0.2) is 0 Å². The summed E-state index contributed by atoms with van der Waals surface area (Å²) in [7, 11) is 0. The molecule has 130 valence electrons.